The molecule has 0 bridgehead atoms. The molecular formula is C21H22OS. The van der Waals surface area contributed by atoms with Crippen molar-refractivity contribution in [2.75, 3.05) is 5.75 Å². The quantitative estimate of drug-likeness (QED) is 0.674. The van der Waals surface area contributed by atoms with E-state index in [1.807, 2.05) is 0 Å². The summed E-state index contributed by atoms with van der Waals surface area (Å²) in [6, 6.07) is 15.4. The van der Waals surface area contributed by atoms with Gasteiger partial charge in [0.2, 0.25) is 0 Å². The Balaban J connectivity index is 1.83. The molecule has 118 valence electrons. The fraction of sp³-hybridized carbons (Fsp3) is 0.286. The van der Waals surface area contributed by atoms with Gasteiger partial charge in [0.1, 0.15) is 0 Å². The van der Waals surface area contributed by atoms with E-state index in [1.165, 1.54) is 39.6 Å². The van der Waals surface area contributed by atoms with E-state index in [9.17, 15) is 4.79 Å². The van der Waals surface area contributed by atoms with Gasteiger partial charge in [-0.2, -0.15) is 0 Å². The van der Waals surface area contributed by atoms with Gasteiger partial charge in [0, 0.05) is 18.1 Å². The van der Waals surface area contributed by atoms with Crippen LogP contribution in [0.25, 0.3) is 17.2 Å². The van der Waals surface area contributed by atoms with Gasteiger partial charge in [-0.3, -0.25) is 4.79 Å². The molecule has 3 rings (SSSR count). The first-order valence-corrected chi connectivity index (χ1v) is 9.03. The van der Waals surface area contributed by atoms with Crippen molar-refractivity contribution in [2.24, 2.45) is 0 Å². The summed E-state index contributed by atoms with van der Waals surface area (Å²) in [5, 5.41) is 0.190. The highest BCUT2D eigenvalue weighted by Gasteiger charge is 2.34. The molecule has 0 atom stereocenters. The van der Waals surface area contributed by atoms with Crippen LogP contribution in [0.5, 0.6) is 0 Å². The zero-order valence-electron chi connectivity index (χ0n) is 13.9. The standard InChI is InChI=1S/C21H22OS/c1-15(22)23-13-7-6-8-16-11-12-18-17-9-4-5-10-19(17)21(2,3)20(18)14-16/h4-6,8-12,14H,7,13H2,1-3H3. The van der Waals surface area contributed by atoms with Gasteiger partial charge >= 0.3 is 0 Å². The van der Waals surface area contributed by atoms with Gasteiger partial charge in [-0.25, -0.2) is 0 Å². The minimum absolute atomic E-state index is 0.0558. The van der Waals surface area contributed by atoms with Crippen LogP contribution in [-0.4, -0.2) is 10.9 Å². The Morgan fingerprint density at radius 1 is 1.09 bits per heavy atom. The maximum absolute atomic E-state index is 10.9. The molecule has 1 aliphatic carbocycles. The first-order chi connectivity index (χ1) is 11.0. The zero-order valence-corrected chi connectivity index (χ0v) is 14.7. The third kappa shape index (κ3) is 3.13. The fourth-order valence-electron chi connectivity index (χ4n) is 3.32. The number of carbonyl (C=O) groups excluding carboxylic acids is 1. The smallest absolute Gasteiger partial charge is 0.185 e. The van der Waals surface area contributed by atoms with Crippen molar-refractivity contribution in [3.05, 3.63) is 65.2 Å². The van der Waals surface area contributed by atoms with Crippen LogP contribution in [0.2, 0.25) is 0 Å². The molecular weight excluding hydrogens is 300 g/mol. The molecule has 2 aromatic carbocycles. The largest absolute Gasteiger partial charge is 0.288 e. The Kier molecular flexibility index (Phi) is 4.45. The molecule has 0 fully saturated rings. The van der Waals surface area contributed by atoms with Crippen molar-refractivity contribution >= 4 is 23.0 Å². The first kappa shape index (κ1) is 16.1. The SMILES string of the molecule is CC(=O)SCCC=Cc1ccc2c(c1)C(C)(C)c1ccccc1-2. The molecule has 2 heteroatoms. The molecule has 0 amide bonds. The van der Waals surface area contributed by atoms with Gasteiger partial charge in [-0.05, 0) is 34.2 Å². The molecule has 0 N–H and O–H groups in total. The second-order valence-electron chi connectivity index (χ2n) is 6.51. The van der Waals surface area contributed by atoms with Crippen molar-refractivity contribution in [3.8, 4) is 11.1 Å². The third-order valence-corrected chi connectivity index (χ3v) is 5.35. The molecule has 0 aromatic heterocycles. The third-order valence-electron chi connectivity index (χ3n) is 4.51. The van der Waals surface area contributed by atoms with Crippen molar-refractivity contribution in [3.63, 3.8) is 0 Å². The van der Waals surface area contributed by atoms with Gasteiger partial charge in [0.15, 0.2) is 5.12 Å². The molecule has 23 heavy (non-hydrogen) atoms. The van der Waals surface area contributed by atoms with E-state index in [1.54, 1.807) is 6.92 Å². The maximum atomic E-state index is 10.9. The van der Waals surface area contributed by atoms with E-state index in [0.717, 1.165) is 12.2 Å². The number of hydrogen-bond donors (Lipinski definition) is 0. The summed E-state index contributed by atoms with van der Waals surface area (Å²) < 4.78 is 0. The number of benzene rings is 2. The van der Waals surface area contributed by atoms with Crippen LogP contribution >= 0.6 is 11.8 Å². The topological polar surface area (TPSA) is 17.1 Å². The Morgan fingerprint density at radius 2 is 1.83 bits per heavy atom. The van der Waals surface area contributed by atoms with Crippen LogP contribution in [0.3, 0.4) is 0 Å². The minimum Gasteiger partial charge on any atom is -0.288 e. The Bertz CT molecular complexity index is 771. The van der Waals surface area contributed by atoms with Crippen molar-refractivity contribution in [1.29, 1.82) is 0 Å². The van der Waals surface area contributed by atoms with E-state index >= 15 is 0 Å². The zero-order chi connectivity index (χ0) is 16.4. The number of rotatable bonds is 4. The number of carbonyl (C=O) groups is 1. The summed E-state index contributed by atoms with van der Waals surface area (Å²) in [7, 11) is 0. The Morgan fingerprint density at radius 3 is 2.61 bits per heavy atom. The molecule has 1 nitrogen and oxygen atoms in total. The minimum atomic E-state index is 0.0558. The normalized spacial score (nSPS) is 14.7. The summed E-state index contributed by atoms with van der Waals surface area (Å²) in [5.41, 5.74) is 6.82. The molecule has 0 radical (unpaired) electrons. The van der Waals surface area contributed by atoms with Crippen LogP contribution < -0.4 is 0 Å². The molecule has 0 saturated carbocycles. The molecule has 1 aliphatic rings. The number of hydrogen-bond acceptors (Lipinski definition) is 2. The summed E-state index contributed by atoms with van der Waals surface area (Å²) in [5.74, 6) is 0.855. The van der Waals surface area contributed by atoms with Crippen LogP contribution in [0, 0.1) is 0 Å². The van der Waals surface area contributed by atoms with Gasteiger partial charge in [-0.1, -0.05) is 80.2 Å². The lowest BCUT2D eigenvalue weighted by Crippen LogP contribution is -2.14. The van der Waals surface area contributed by atoms with Gasteiger partial charge in [-0.15, -0.1) is 0 Å². The monoisotopic (exact) mass is 322 g/mol. The average Bonchev–Trinajstić information content (AvgIpc) is 2.75. The number of thioether (sulfide) groups is 1. The maximum Gasteiger partial charge on any atom is 0.185 e. The van der Waals surface area contributed by atoms with Gasteiger partial charge in [0.25, 0.3) is 0 Å². The molecule has 0 unspecified atom stereocenters. The van der Waals surface area contributed by atoms with Gasteiger partial charge < -0.3 is 0 Å². The van der Waals surface area contributed by atoms with Crippen LogP contribution in [0.1, 0.15) is 43.9 Å². The van der Waals surface area contributed by atoms with Crippen LogP contribution in [0.15, 0.2) is 48.5 Å². The number of fused-ring (bicyclic) bond motifs is 3. The molecule has 0 spiro atoms. The second kappa shape index (κ2) is 6.37. The van der Waals surface area contributed by atoms with E-state index < -0.39 is 0 Å². The molecule has 0 aliphatic heterocycles. The lowest BCUT2D eigenvalue weighted by molar-refractivity contribution is -0.109. The Hall–Kier alpha value is -1.80. The summed E-state index contributed by atoms with van der Waals surface area (Å²) in [6.45, 7) is 6.22. The lowest BCUT2D eigenvalue weighted by Gasteiger charge is -2.21. The summed E-state index contributed by atoms with van der Waals surface area (Å²) in [4.78, 5) is 10.9. The van der Waals surface area contributed by atoms with E-state index in [0.29, 0.717) is 0 Å². The van der Waals surface area contributed by atoms with Gasteiger partial charge in [0.05, 0.1) is 0 Å². The van der Waals surface area contributed by atoms with Crippen molar-refractivity contribution < 1.29 is 4.79 Å². The molecule has 0 heterocycles. The predicted molar refractivity (Wildman–Crippen MR) is 101 cm³/mol. The van der Waals surface area contributed by atoms with Crippen molar-refractivity contribution in [2.45, 2.75) is 32.6 Å². The average molecular weight is 322 g/mol. The van der Waals surface area contributed by atoms with E-state index in [4.69, 9.17) is 0 Å². The van der Waals surface area contributed by atoms with Crippen molar-refractivity contribution in [1.82, 2.24) is 0 Å². The highest BCUT2D eigenvalue weighted by molar-refractivity contribution is 8.13. The van der Waals surface area contributed by atoms with Crippen LogP contribution in [0.4, 0.5) is 0 Å². The lowest BCUT2D eigenvalue weighted by atomic mass is 9.82. The Labute approximate surface area is 142 Å². The predicted octanol–water partition coefficient (Wildman–Crippen LogP) is 5.68. The summed E-state index contributed by atoms with van der Waals surface area (Å²) >= 11 is 1.39. The number of allylic oxidation sites excluding steroid dienone is 1. The highest BCUT2D eigenvalue weighted by atomic mass is 32.2. The molecule has 0 saturated heterocycles. The fourth-order valence-corrected chi connectivity index (χ4v) is 3.86. The van der Waals surface area contributed by atoms with E-state index in [-0.39, 0.29) is 10.5 Å². The first-order valence-electron chi connectivity index (χ1n) is 8.04. The molecule has 2 aromatic rings. The van der Waals surface area contributed by atoms with Crippen LogP contribution in [-0.2, 0) is 10.2 Å². The highest BCUT2D eigenvalue weighted by Crippen LogP contribution is 2.48. The summed E-state index contributed by atoms with van der Waals surface area (Å²) in [6.07, 6.45) is 5.25. The second-order valence-corrected chi connectivity index (χ2v) is 7.78. The van der Waals surface area contributed by atoms with E-state index in [2.05, 4.69) is 68.5 Å².